The lowest BCUT2D eigenvalue weighted by atomic mass is 10.2. The van der Waals surface area contributed by atoms with Crippen molar-refractivity contribution in [2.45, 2.75) is 39.2 Å². The molecule has 0 aliphatic heterocycles. The second kappa shape index (κ2) is 7.06. The van der Waals surface area contributed by atoms with Gasteiger partial charge in [0.2, 0.25) is 0 Å². The Morgan fingerprint density at radius 2 is 2.17 bits per heavy atom. The SMILES string of the molecule is CC(C)n1cc(N)cc1C(=O)NCCCCCO. The summed E-state index contributed by atoms with van der Waals surface area (Å²) in [7, 11) is 0. The van der Waals surface area contributed by atoms with Gasteiger partial charge in [-0.05, 0) is 39.2 Å². The van der Waals surface area contributed by atoms with Crippen molar-refractivity contribution >= 4 is 11.6 Å². The van der Waals surface area contributed by atoms with Gasteiger partial charge in [0.15, 0.2) is 0 Å². The van der Waals surface area contributed by atoms with E-state index in [1.165, 1.54) is 0 Å². The van der Waals surface area contributed by atoms with Gasteiger partial charge < -0.3 is 20.7 Å². The number of unbranched alkanes of at least 4 members (excludes halogenated alkanes) is 2. The zero-order chi connectivity index (χ0) is 13.5. The fourth-order valence-corrected chi connectivity index (χ4v) is 1.82. The van der Waals surface area contributed by atoms with Crippen LogP contribution in [0, 0.1) is 0 Å². The summed E-state index contributed by atoms with van der Waals surface area (Å²) in [4.78, 5) is 12.0. The molecular formula is C13H23N3O2. The summed E-state index contributed by atoms with van der Waals surface area (Å²) in [5.41, 5.74) is 6.93. The quantitative estimate of drug-likeness (QED) is 0.645. The number of aliphatic hydroxyl groups excluding tert-OH is 1. The third-order valence-electron chi connectivity index (χ3n) is 2.78. The van der Waals surface area contributed by atoms with Crippen LogP contribution in [0.1, 0.15) is 49.6 Å². The standard InChI is InChI=1S/C13H23N3O2/c1-10(2)16-9-11(14)8-12(16)13(18)15-6-4-3-5-7-17/h8-10,17H,3-7,14H2,1-2H3,(H,15,18). The van der Waals surface area contributed by atoms with Crippen molar-refractivity contribution in [2.75, 3.05) is 18.9 Å². The highest BCUT2D eigenvalue weighted by atomic mass is 16.2. The topological polar surface area (TPSA) is 80.3 Å². The van der Waals surface area contributed by atoms with E-state index in [1.807, 2.05) is 18.4 Å². The van der Waals surface area contributed by atoms with E-state index in [1.54, 1.807) is 12.3 Å². The van der Waals surface area contributed by atoms with Gasteiger partial charge >= 0.3 is 0 Å². The van der Waals surface area contributed by atoms with Crippen LogP contribution >= 0.6 is 0 Å². The minimum Gasteiger partial charge on any atom is -0.397 e. The Morgan fingerprint density at radius 3 is 2.78 bits per heavy atom. The predicted octanol–water partition coefficient (Wildman–Crippen LogP) is 1.54. The number of nitrogens with zero attached hydrogens (tertiary/aromatic N) is 1. The largest absolute Gasteiger partial charge is 0.397 e. The molecule has 0 spiro atoms. The summed E-state index contributed by atoms with van der Waals surface area (Å²) in [5, 5.41) is 11.5. The number of hydrogen-bond acceptors (Lipinski definition) is 3. The maximum Gasteiger partial charge on any atom is 0.267 e. The average Bonchev–Trinajstić information content (AvgIpc) is 2.71. The molecule has 102 valence electrons. The van der Waals surface area contributed by atoms with Crippen LogP contribution in [0.2, 0.25) is 0 Å². The molecule has 1 aromatic rings. The van der Waals surface area contributed by atoms with E-state index in [0.717, 1.165) is 19.3 Å². The summed E-state index contributed by atoms with van der Waals surface area (Å²) in [6, 6.07) is 1.90. The Balaban J connectivity index is 2.51. The molecular weight excluding hydrogens is 230 g/mol. The number of carbonyl (C=O) groups is 1. The van der Waals surface area contributed by atoms with Crippen molar-refractivity contribution < 1.29 is 9.90 Å². The van der Waals surface area contributed by atoms with Crippen LogP contribution in [-0.4, -0.2) is 28.7 Å². The van der Waals surface area contributed by atoms with E-state index >= 15 is 0 Å². The van der Waals surface area contributed by atoms with Crippen molar-refractivity contribution in [2.24, 2.45) is 0 Å². The van der Waals surface area contributed by atoms with Crippen LogP contribution in [-0.2, 0) is 0 Å². The number of carbonyl (C=O) groups excluding carboxylic acids is 1. The average molecular weight is 253 g/mol. The fraction of sp³-hybridized carbons (Fsp3) is 0.615. The molecule has 0 radical (unpaired) electrons. The van der Waals surface area contributed by atoms with Crippen LogP contribution < -0.4 is 11.1 Å². The van der Waals surface area contributed by atoms with Gasteiger partial charge in [-0.2, -0.15) is 0 Å². The molecule has 0 saturated heterocycles. The minimum absolute atomic E-state index is 0.0931. The normalized spacial score (nSPS) is 10.9. The van der Waals surface area contributed by atoms with Gasteiger partial charge in [-0.1, -0.05) is 0 Å². The Morgan fingerprint density at radius 1 is 1.44 bits per heavy atom. The summed E-state index contributed by atoms with van der Waals surface area (Å²) in [6.07, 6.45) is 4.37. The first-order valence-electron chi connectivity index (χ1n) is 6.42. The molecule has 0 atom stereocenters. The Labute approximate surface area is 108 Å². The zero-order valence-electron chi connectivity index (χ0n) is 11.1. The lowest BCUT2D eigenvalue weighted by molar-refractivity contribution is 0.0942. The molecule has 0 fully saturated rings. The lowest BCUT2D eigenvalue weighted by Crippen LogP contribution is -2.27. The number of nitrogens with two attached hydrogens (primary N) is 1. The predicted molar refractivity (Wildman–Crippen MR) is 72.5 cm³/mol. The molecule has 1 amide bonds. The summed E-state index contributed by atoms with van der Waals surface area (Å²) >= 11 is 0. The van der Waals surface area contributed by atoms with Crippen LogP contribution in [0.15, 0.2) is 12.3 Å². The Hall–Kier alpha value is -1.49. The molecule has 0 aliphatic rings. The van der Waals surface area contributed by atoms with Gasteiger partial charge in [0.1, 0.15) is 5.69 Å². The van der Waals surface area contributed by atoms with Gasteiger partial charge in [0.05, 0.1) is 5.69 Å². The zero-order valence-corrected chi connectivity index (χ0v) is 11.1. The number of amides is 1. The number of anilines is 1. The van der Waals surface area contributed by atoms with E-state index in [9.17, 15) is 4.79 Å². The molecule has 1 heterocycles. The van der Waals surface area contributed by atoms with E-state index in [0.29, 0.717) is 17.9 Å². The first-order valence-corrected chi connectivity index (χ1v) is 6.42. The summed E-state index contributed by atoms with van der Waals surface area (Å²) < 4.78 is 1.87. The highest BCUT2D eigenvalue weighted by molar-refractivity contribution is 5.93. The number of aromatic nitrogens is 1. The number of nitrogens with one attached hydrogen (secondary N) is 1. The lowest BCUT2D eigenvalue weighted by Gasteiger charge is -2.12. The van der Waals surface area contributed by atoms with Crippen molar-refractivity contribution in [3.63, 3.8) is 0 Å². The number of nitrogen functional groups attached to an aromatic ring is 1. The second-order valence-electron chi connectivity index (χ2n) is 4.70. The third kappa shape index (κ3) is 4.07. The Bertz CT molecular complexity index is 386. The molecule has 0 bridgehead atoms. The van der Waals surface area contributed by atoms with E-state index < -0.39 is 0 Å². The van der Waals surface area contributed by atoms with Crippen molar-refractivity contribution in [3.8, 4) is 0 Å². The van der Waals surface area contributed by atoms with Gasteiger partial charge in [0.25, 0.3) is 5.91 Å². The van der Waals surface area contributed by atoms with Crippen LogP contribution in [0.5, 0.6) is 0 Å². The Kier molecular flexibility index (Phi) is 5.71. The minimum atomic E-state index is -0.0931. The smallest absolute Gasteiger partial charge is 0.267 e. The molecule has 5 heteroatoms. The molecule has 0 unspecified atom stereocenters. The first-order chi connectivity index (χ1) is 8.56. The van der Waals surface area contributed by atoms with Gasteiger partial charge in [0, 0.05) is 25.4 Å². The summed E-state index contributed by atoms with van der Waals surface area (Å²) in [6.45, 7) is 4.86. The molecule has 0 aliphatic carbocycles. The number of aliphatic hydroxyl groups is 1. The second-order valence-corrected chi connectivity index (χ2v) is 4.70. The van der Waals surface area contributed by atoms with Gasteiger partial charge in [-0.25, -0.2) is 0 Å². The molecule has 0 saturated carbocycles. The highest BCUT2D eigenvalue weighted by Gasteiger charge is 2.13. The maximum atomic E-state index is 12.0. The first kappa shape index (κ1) is 14.6. The fourth-order valence-electron chi connectivity index (χ4n) is 1.82. The van der Waals surface area contributed by atoms with Gasteiger partial charge in [-0.15, -0.1) is 0 Å². The van der Waals surface area contributed by atoms with Crippen LogP contribution in [0.3, 0.4) is 0 Å². The van der Waals surface area contributed by atoms with Gasteiger partial charge in [-0.3, -0.25) is 4.79 Å². The highest BCUT2D eigenvalue weighted by Crippen LogP contribution is 2.16. The molecule has 18 heavy (non-hydrogen) atoms. The van der Waals surface area contributed by atoms with Crippen molar-refractivity contribution in [1.29, 1.82) is 0 Å². The molecule has 0 aromatic carbocycles. The maximum absolute atomic E-state index is 12.0. The molecule has 1 aromatic heterocycles. The number of rotatable bonds is 7. The van der Waals surface area contributed by atoms with Crippen molar-refractivity contribution in [1.82, 2.24) is 9.88 Å². The van der Waals surface area contributed by atoms with Crippen LogP contribution in [0.25, 0.3) is 0 Å². The van der Waals surface area contributed by atoms with E-state index in [-0.39, 0.29) is 18.6 Å². The third-order valence-corrected chi connectivity index (χ3v) is 2.78. The molecule has 1 rings (SSSR count). The molecule has 5 nitrogen and oxygen atoms in total. The van der Waals surface area contributed by atoms with Crippen LogP contribution in [0.4, 0.5) is 5.69 Å². The monoisotopic (exact) mass is 253 g/mol. The van der Waals surface area contributed by atoms with Crippen molar-refractivity contribution in [3.05, 3.63) is 18.0 Å². The number of hydrogen-bond donors (Lipinski definition) is 3. The molecule has 4 N–H and O–H groups in total. The summed E-state index contributed by atoms with van der Waals surface area (Å²) in [5.74, 6) is -0.0931. The van der Waals surface area contributed by atoms with E-state index in [2.05, 4.69) is 5.32 Å². The van der Waals surface area contributed by atoms with E-state index in [4.69, 9.17) is 10.8 Å².